The number of hydrogen-bond donors (Lipinski definition) is 2. The summed E-state index contributed by atoms with van der Waals surface area (Å²) >= 11 is 9.25. The van der Waals surface area contributed by atoms with E-state index in [2.05, 4.69) is 15.9 Å². The molecule has 0 heterocycles. The minimum absolute atomic E-state index is 0.0841. The van der Waals surface area contributed by atoms with Crippen LogP contribution in [0.15, 0.2) is 40.9 Å². The standard InChI is InChI=1S/C14H12BrClO2/c1-8-5-6-9(11(15)7-8)13(17)10-3-2-4-12(16)14(10)18/h2-7,13,17-18H,1H3. The van der Waals surface area contributed by atoms with Crippen LogP contribution in [0.3, 0.4) is 0 Å². The normalized spacial score (nSPS) is 12.4. The molecule has 0 spiro atoms. The van der Waals surface area contributed by atoms with Crippen LogP contribution >= 0.6 is 27.5 Å². The van der Waals surface area contributed by atoms with Crippen LogP contribution < -0.4 is 0 Å². The molecule has 0 radical (unpaired) electrons. The lowest BCUT2D eigenvalue weighted by Gasteiger charge is -2.15. The van der Waals surface area contributed by atoms with E-state index in [1.54, 1.807) is 18.2 Å². The number of aliphatic hydroxyl groups is 1. The van der Waals surface area contributed by atoms with Crippen molar-refractivity contribution >= 4 is 27.5 Å². The zero-order valence-electron chi connectivity index (χ0n) is 9.69. The van der Waals surface area contributed by atoms with Crippen molar-refractivity contribution in [2.45, 2.75) is 13.0 Å². The third-order valence-corrected chi connectivity index (χ3v) is 3.75. The topological polar surface area (TPSA) is 40.5 Å². The summed E-state index contributed by atoms with van der Waals surface area (Å²) in [5, 5.41) is 20.4. The zero-order valence-corrected chi connectivity index (χ0v) is 12.0. The number of aliphatic hydroxyl groups excluding tert-OH is 1. The van der Waals surface area contributed by atoms with Gasteiger partial charge in [0.15, 0.2) is 0 Å². The molecule has 1 unspecified atom stereocenters. The average Bonchev–Trinajstić information content (AvgIpc) is 2.32. The van der Waals surface area contributed by atoms with E-state index in [1.165, 1.54) is 0 Å². The van der Waals surface area contributed by atoms with Crippen LogP contribution in [0.25, 0.3) is 0 Å². The van der Waals surface area contributed by atoms with Gasteiger partial charge in [0.2, 0.25) is 0 Å². The van der Waals surface area contributed by atoms with E-state index in [-0.39, 0.29) is 10.8 Å². The van der Waals surface area contributed by atoms with Gasteiger partial charge in [-0.2, -0.15) is 0 Å². The van der Waals surface area contributed by atoms with Crippen LogP contribution in [-0.2, 0) is 0 Å². The minimum atomic E-state index is -0.918. The van der Waals surface area contributed by atoms with Gasteiger partial charge in [0.25, 0.3) is 0 Å². The van der Waals surface area contributed by atoms with Gasteiger partial charge in [0.05, 0.1) is 5.02 Å². The molecular formula is C14H12BrClO2. The zero-order chi connectivity index (χ0) is 13.3. The maximum atomic E-state index is 10.3. The fourth-order valence-electron chi connectivity index (χ4n) is 1.77. The third kappa shape index (κ3) is 2.53. The highest BCUT2D eigenvalue weighted by Gasteiger charge is 2.18. The monoisotopic (exact) mass is 326 g/mol. The molecule has 0 saturated carbocycles. The van der Waals surface area contributed by atoms with Crippen LogP contribution in [-0.4, -0.2) is 10.2 Å². The summed E-state index contributed by atoms with van der Waals surface area (Å²) in [5.74, 6) is -0.0841. The summed E-state index contributed by atoms with van der Waals surface area (Å²) in [7, 11) is 0. The molecule has 0 aliphatic rings. The van der Waals surface area contributed by atoms with Crippen molar-refractivity contribution in [3.8, 4) is 5.75 Å². The lowest BCUT2D eigenvalue weighted by molar-refractivity contribution is 0.215. The van der Waals surface area contributed by atoms with Crippen LogP contribution in [0.5, 0.6) is 5.75 Å². The minimum Gasteiger partial charge on any atom is -0.506 e. The van der Waals surface area contributed by atoms with Gasteiger partial charge in [-0.3, -0.25) is 0 Å². The predicted octanol–water partition coefficient (Wildman–Crippen LogP) is 4.20. The van der Waals surface area contributed by atoms with E-state index in [9.17, 15) is 10.2 Å². The summed E-state index contributed by atoms with van der Waals surface area (Å²) in [6.45, 7) is 1.97. The molecule has 2 N–H and O–H groups in total. The molecule has 2 aromatic rings. The van der Waals surface area contributed by atoms with E-state index in [1.807, 2.05) is 25.1 Å². The fourth-order valence-corrected chi connectivity index (χ4v) is 2.67. The van der Waals surface area contributed by atoms with E-state index >= 15 is 0 Å². The molecule has 0 amide bonds. The second-order valence-electron chi connectivity index (χ2n) is 4.11. The summed E-state index contributed by atoms with van der Waals surface area (Å²) in [6.07, 6.45) is -0.918. The van der Waals surface area contributed by atoms with Crippen molar-refractivity contribution in [1.29, 1.82) is 0 Å². The van der Waals surface area contributed by atoms with Crippen molar-refractivity contribution in [2.75, 3.05) is 0 Å². The van der Waals surface area contributed by atoms with Crippen molar-refractivity contribution in [3.63, 3.8) is 0 Å². The highest BCUT2D eigenvalue weighted by molar-refractivity contribution is 9.10. The van der Waals surface area contributed by atoms with Gasteiger partial charge in [-0.05, 0) is 30.2 Å². The fraction of sp³-hybridized carbons (Fsp3) is 0.143. The summed E-state index contributed by atoms with van der Waals surface area (Å²) in [6, 6.07) is 10.6. The lowest BCUT2D eigenvalue weighted by Crippen LogP contribution is -2.01. The first kappa shape index (κ1) is 13.4. The number of halogens is 2. The summed E-state index contributed by atoms with van der Waals surface area (Å²) < 4.78 is 0.800. The van der Waals surface area contributed by atoms with E-state index in [0.717, 1.165) is 10.0 Å². The van der Waals surface area contributed by atoms with E-state index in [4.69, 9.17) is 11.6 Å². The molecule has 18 heavy (non-hydrogen) atoms. The molecule has 2 nitrogen and oxygen atoms in total. The Bertz CT molecular complexity index is 584. The van der Waals surface area contributed by atoms with Crippen molar-refractivity contribution in [3.05, 3.63) is 62.6 Å². The first-order valence-electron chi connectivity index (χ1n) is 5.42. The molecule has 0 saturated heterocycles. The molecule has 0 aliphatic carbocycles. The second-order valence-corrected chi connectivity index (χ2v) is 5.37. The first-order chi connectivity index (χ1) is 8.50. The number of para-hydroxylation sites is 1. The van der Waals surface area contributed by atoms with Gasteiger partial charge in [0, 0.05) is 10.0 Å². The number of phenolic OH excluding ortho intramolecular Hbond substituents is 1. The van der Waals surface area contributed by atoms with E-state index in [0.29, 0.717) is 11.1 Å². The maximum Gasteiger partial charge on any atom is 0.140 e. The molecule has 0 fully saturated rings. The molecule has 4 heteroatoms. The van der Waals surface area contributed by atoms with Crippen LogP contribution in [0.1, 0.15) is 22.8 Å². The maximum absolute atomic E-state index is 10.3. The van der Waals surface area contributed by atoms with Gasteiger partial charge < -0.3 is 10.2 Å². The Morgan fingerprint density at radius 3 is 2.56 bits per heavy atom. The third-order valence-electron chi connectivity index (χ3n) is 2.76. The molecule has 94 valence electrons. The Morgan fingerprint density at radius 2 is 1.89 bits per heavy atom. The second kappa shape index (κ2) is 5.31. The summed E-state index contributed by atoms with van der Waals surface area (Å²) in [5.41, 5.74) is 2.18. The van der Waals surface area contributed by atoms with Gasteiger partial charge in [-0.15, -0.1) is 0 Å². The molecule has 1 atom stereocenters. The number of phenols is 1. The molecule has 0 aromatic heterocycles. The van der Waals surface area contributed by atoms with Crippen LogP contribution in [0, 0.1) is 6.92 Å². The Hall–Kier alpha value is -1.03. The Morgan fingerprint density at radius 1 is 1.17 bits per heavy atom. The van der Waals surface area contributed by atoms with Gasteiger partial charge >= 0.3 is 0 Å². The number of rotatable bonds is 2. The van der Waals surface area contributed by atoms with E-state index < -0.39 is 6.10 Å². The highest BCUT2D eigenvalue weighted by atomic mass is 79.9. The van der Waals surface area contributed by atoms with Gasteiger partial charge in [-0.1, -0.05) is 51.8 Å². The van der Waals surface area contributed by atoms with Crippen molar-refractivity contribution < 1.29 is 10.2 Å². The van der Waals surface area contributed by atoms with Crippen molar-refractivity contribution in [2.24, 2.45) is 0 Å². The molecular weight excluding hydrogens is 316 g/mol. The number of benzene rings is 2. The van der Waals surface area contributed by atoms with Crippen LogP contribution in [0.4, 0.5) is 0 Å². The quantitative estimate of drug-likeness (QED) is 0.868. The number of hydrogen-bond acceptors (Lipinski definition) is 2. The smallest absolute Gasteiger partial charge is 0.140 e. The highest BCUT2D eigenvalue weighted by Crippen LogP contribution is 2.36. The predicted molar refractivity (Wildman–Crippen MR) is 76.1 cm³/mol. The first-order valence-corrected chi connectivity index (χ1v) is 6.59. The largest absolute Gasteiger partial charge is 0.506 e. The number of aryl methyl sites for hydroxylation is 1. The van der Waals surface area contributed by atoms with Crippen molar-refractivity contribution in [1.82, 2.24) is 0 Å². The average molecular weight is 328 g/mol. The van der Waals surface area contributed by atoms with Gasteiger partial charge in [-0.25, -0.2) is 0 Å². The molecule has 2 aromatic carbocycles. The molecule has 2 rings (SSSR count). The lowest BCUT2D eigenvalue weighted by atomic mass is 10.00. The SMILES string of the molecule is Cc1ccc(C(O)c2cccc(Cl)c2O)c(Br)c1. The molecule has 0 aliphatic heterocycles. The summed E-state index contributed by atoms with van der Waals surface area (Å²) in [4.78, 5) is 0. The Kier molecular flexibility index (Phi) is 3.95. The molecule has 0 bridgehead atoms. The Balaban J connectivity index is 2.48. The van der Waals surface area contributed by atoms with Gasteiger partial charge in [0.1, 0.15) is 11.9 Å². The number of aromatic hydroxyl groups is 1. The van der Waals surface area contributed by atoms with Crippen LogP contribution in [0.2, 0.25) is 5.02 Å². The Labute approximate surface area is 119 Å².